The Labute approximate surface area is 66.2 Å². The average Bonchev–Trinajstić information content (AvgIpc) is 2.45. The van der Waals surface area contributed by atoms with Gasteiger partial charge in [0.05, 0.1) is 0 Å². The minimum absolute atomic E-state index is 0.550. The summed E-state index contributed by atoms with van der Waals surface area (Å²) < 4.78 is 0. The summed E-state index contributed by atoms with van der Waals surface area (Å²) in [6.07, 6.45) is 4.13. The number of Topliss-reactive ketones (excluding diaryl/α,β-unsaturated/α-hetero) is 1. The van der Waals surface area contributed by atoms with Crippen LogP contribution in [0.2, 0.25) is 0 Å². The summed E-state index contributed by atoms with van der Waals surface area (Å²) >= 11 is 0. The maximum Gasteiger partial charge on any atom is 0.139 e. The molecule has 4 rings (SSSR count). The van der Waals surface area contributed by atoms with Crippen molar-refractivity contribution < 1.29 is 4.79 Å². The first-order valence-electron chi connectivity index (χ1n) is 4.91. The third kappa shape index (κ3) is 0.344. The molecule has 1 nitrogen and oxygen atoms in total. The fourth-order valence-corrected chi connectivity index (χ4v) is 4.76. The van der Waals surface area contributed by atoms with Crippen LogP contribution in [0.4, 0.5) is 0 Å². The van der Waals surface area contributed by atoms with Crippen molar-refractivity contribution in [2.75, 3.05) is 0 Å². The van der Waals surface area contributed by atoms with Crippen LogP contribution in [0.25, 0.3) is 0 Å². The zero-order chi connectivity index (χ0) is 7.16. The highest BCUT2D eigenvalue weighted by Crippen LogP contribution is 2.72. The van der Waals surface area contributed by atoms with Crippen molar-refractivity contribution in [3.63, 3.8) is 0 Å². The van der Waals surface area contributed by atoms with E-state index in [1.54, 1.807) is 0 Å². The van der Waals surface area contributed by atoms with Gasteiger partial charge in [0.2, 0.25) is 0 Å². The minimum atomic E-state index is 0.550. The van der Waals surface area contributed by atoms with Gasteiger partial charge in [-0.3, -0.25) is 4.79 Å². The fraction of sp³-hybridized carbons (Fsp3) is 0.900. The summed E-state index contributed by atoms with van der Waals surface area (Å²) in [5.41, 5.74) is 0. The molecule has 6 atom stereocenters. The molecule has 0 heterocycles. The van der Waals surface area contributed by atoms with Crippen LogP contribution in [0.1, 0.15) is 19.3 Å². The number of carbonyl (C=O) groups is 1. The van der Waals surface area contributed by atoms with Crippen molar-refractivity contribution in [3.05, 3.63) is 0 Å². The molecule has 4 saturated carbocycles. The van der Waals surface area contributed by atoms with Crippen LogP contribution in [-0.2, 0) is 4.79 Å². The Balaban J connectivity index is 1.94. The summed E-state index contributed by atoms with van der Waals surface area (Å²) in [5.74, 6) is 5.44. The molecule has 4 aliphatic rings. The maximum atomic E-state index is 11.6. The third-order valence-corrected chi connectivity index (χ3v) is 4.98. The first-order chi connectivity index (χ1) is 5.38. The molecule has 58 valence electrons. The lowest BCUT2D eigenvalue weighted by Gasteiger charge is -2.47. The smallest absolute Gasteiger partial charge is 0.139 e. The first kappa shape index (κ1) is 5.34. The maximum absolute atomic E-state index is 11.6. The Hall–Kier alpha value is -0.330. The van der Waals surface area contributed by atoms with Crippen molar-refractivity contribution in [3.8, 4) is 0 Å². The molecule has 4 aliphatic carbocycles. The lowest BCUT2D eigenvalue weighted by Crippen LogP contribution is -2.44. The highest BCUT2D eigenvalue weighted by Gasteiger charge is 2.72. The molecule has 0 unspecified atom stereocenters. The van der Waals surface area contributed by atoms with Crippen molar-refractivity contribution in [2.24, 2.45) is 35.5 Å². The third-order valence-electron chi connectivity index (χ3n) is 4.98. The number of carbonyl (C=O) groups excluding carboxylic acids is 1. The quantitative estimate of drug-likeness (QED) is 0.508. The lowest BCUT2D eigenvalue weighted by molar-refractivity contribution is -0.125. The molecule has 0 spiro atoms. The summed E-state index contributed by atoms with van der Waals surface area (Å²) in [7, 11) is 0. The van der Waals surface area contributed by atoms with E-state index in [4.69, 9.17) is 0 Å². The van der Waals surface area contributed by atoms with E-state index >= 15 is 0 Å². The molecule has 2 bridgehead atoms. The van der Waals surface area contributed by atoms with E-state index in [2.05, 4.69) is 0 Å². The van der Waals surface area contributed by atoms with Gasteiger partial charge in [-0.05, 0) is 42.9 Å². The summed E-state index contributed by atoms with van der Waals surface area (Å²) in [6, 6.07) is 0. The van der Waals surface area contributed by atoms with Crippen LogP contribution < -0.4 is 0 Å². The van der Waals surface area contributed by atoms with Gasteiger partial charge in [0.1, 0.15) is 5.78 Å². The first-order valence-corrected chi connectivity index (χ1v) is 4.91. The van der Waals surface area contributed by atoms with Gasteiger partial charge in [0, 0.05) is 11.8 Å². The van der Waals surface area contributed by atoms with Gasteiger partial charge in [-0.1, -0.05) is 0 Å². The minimum Gasteiger partial charge on any atom is -0.299 e. The van der Waals surface area contributed by atoms with Crippen molar-refractivity contribution in [2.45, 2.75) is 19.3 Å². The van der Waals surface area contributed by atoms with E-state index in [1.165, 1.54) is 19.3 Å². The zero-order valence-corrected chi connectivity index (χ0v) is 6.49. The second kappa shape index (κ2) is 1.30. The molecule has 0 aromatic rings. The number of hydrogen-bond acceptors (Lipinski definition) is 1. The van der Waals surface area contributed by atoms with E-state index < -0.39 is 0 Å². The molecule has 1 heteroatoms. The number of ketones is 1. The van der Waals surface area contributed by atoms with Gasteiger partial charge in [0.15, 0.2) is 0 Å². The van der Waals surface area contributed by atoms with E-state index in [1.807, 2.05) is 0 Å². The van der Waals surface area contributed by atoms with Crippen LogP contribution in [0.3, 0.4) is 0 Å². The monoisotopic (exact) mass is 148 g/mol. The van der Waals surface area contributed by atoms with Gasteiger partial charge in [0.25, 0.3) is 0 Å². The summed E-state index contributed by atoms with van der Waals surface area (Å²) in [4.78, 5) is 11.6. The van der Waals surface area contributed by atoms with E-state index in [0.29, 0.717) is 17.6 Å². The number of hydrogen-bond donors (Lipinski definition) is 0. The van der Waals surface area contributed by atoms with Crippen molar-refractivity contribution in [1.82, 2.24) is 0 Å². The largest absolute Gasteiger partial charge is 0.299 e. The summed E-state index contributed by atoms with van der Waals surface area (Å²) in [5, 5.41) is 0. The molecule has 11 heavy (non-hydrogen) atoms. The normalized spacial score (nSPS) is 68.9. The Bertz CT molecular complexity index is 250. The standard InChI is InChI=1S/C10H12O/c11-10-7-3-6-4-1-2-5(7)8(4)9(6)10/h4-9H,1-3H2/t4-,5+,6-,7-,8+,9-/m1/s1. The van der Waals surface area contributed by atoms with Gasteiger partial charge in [-0.2, -0.15) is 0 Å². The predicted molar refractivity (Wildman–Crippen MR) is 39.8 cm³/mol. The van der Waals surface area contributed by atoms with Gasteiger partial charge in [-0.25, -0.2) is 0 Å². The second-order valence-corrected chi connectivity index (χ2v) is 4.92. The van der Waals surface area contributed by atoms with E-state index in [9.17, 15) is 4.79 Å². The molecule has 0 aromatic heterocycles. The van der Waals surface area contributed by atoms with Crippen LogP contribution >= 0.6 is 0 Å². The molecule has 0 aliphatic heterocycles. The molecule has 0 aromatic carbocycles. The zero-order valence-electron chi connectivity index (χ0n) is 6.49. The topological polar surface area (TPSA) is 17.1 Å². The molecule has 0 radical (unpaired) electrons. The SMILES string of the molecule is O=C1[C@@H]2[C@@H]3C[C@@H]1[C@@H]1CC[C@H]3[C@@H]12. The highest BCUT2D eigenvalue weighted by molar-refractivity contribution is 5.90. The fourth-order valence-electron chi connectivity index (χ4n) is 4.76. The highest BCUT2D eigenvalue weighted by atomic mass is 16.1. The Morgan fingerprint density at radius 2 is 1.91 bits per heavy atom. The van der Waals surface area contributed by atoms with E-state index in [0.717, 1.165) is 23.7 Å². The molecule has 4 fully saturated rings. The van der Waals surface area contributed by atoms with Crippen LogP contribution in [0, 0.1) is 35.5 Å². The predicted octanol–water partition coefficient (Wildman–Crippen LogP) is 1.48. The Morgan fingerprint density at radius 3 is 2.64 bits per heavy atom. The van der Waals surface area contributed by atoms with Crippen molar-refractivity contribution >= 4 is 5.78 Å². The van der Waals surface area contributed by atoms with Crippen LogP contribution in [0.15, 0.2) is 0 Å². The summed E-state index contributed by atoms with van der Waals surface area (Å²) in [6.45, 7) is 0. The molecular formula is C10H12O. The Morgan fingerprint density at radius 1 is 1.09 bits per heavy atom. The van der Waals surface area contributed by atoms with E-state index in [-0.39, 0.29) is 0 Å². The number of rotatable bonds is 0. The van der Waals surface area contributed by atoms with Crippen LogP contribution in [-0.4, -0.2) is 5.78 Å². The second-order valence-electron chi connectivity index (χ2n) is 4.92. The molecule has 0 saturated heterocycles. The van der Waals surface area contributed by atoms with Gasteiger partial charge in [-0.15, -0.1) is 0 Å². The van der Waals surface area contributed by atoms with Crippen LogP contribution in [0.5, 0.6) is 0 Å². The van der Waals surface area contributed by atoms with Crippen molar-refractivity contribution in [1.29, 1.82) is 0 Å². The number of fused-ring (bicyclic) bond motifs is 3. The molecular weight excluding hydrogens is 136 g/mol. The Kier molecular flexibility index (Phi) is 0.630. The molecule has 0 N–H and O–H groups in total. The lowest BCUT2D eigenvalue weighted by atomic mass is 9.56. The molecule has 0 amide bonds. The van der Waals surface area contributed by atoms with Gasteiger partial charge >= 0.3 is 0 Å². The average molecular weight is 148 g/mol. The van der Waals surface area contributed by atoms with Gasteiger partial charge < -0.3 is 0 Å².